The van der Waals surface area contributed by atoms with Crippen LogP contribution in [0.3, 0.4) is 0 Å². The summed E-state index contributed by atoms with van der Waals surface area (Å²) in [6.07, 6.45) is 1.57. The minimum atomic E-state index is -0.968. The second kappa shape index (κ2) is 6.16. The van der Waals surface area contributed by atoms with Gasteiger partial charge in [0.05, 0.1) is 24.4 Å². The summed E-state index contributed by atoms with van der Waals surface area (Å²) in [6, 6.07) is 7.25. The van der Waals surface area contributed by atoms with E-state index in [0.29, 0.717) is 17.8 Å². The van der Waals surface area contributed by atoms with Gasteiger partial charge in [0, 0.05) is 10.2 Å². The first-order valence-electron chi connectivity index (χ1n) is 5.63. The van der Waals surface area contributed by atoms with Crippen molar-refractivity contribution in [3.8, 4) is 6.07 Å². The molecule has 7 nitrogen and oxygen atoms in total. The zero-order valence-electron chi connectivity index (χ0n) is 10.2. The summed E-state index contributed by atoms with van der Waals surface area (Å²) in [5.41, 5.74) is 2.01. The molecule has 0 unspecified atom stereocenters. The highest BCUT2D eigenvalue weighted by Crippen LogP contribution is 2.23. The van der Waals surface area contributed by atoms with Crippen LogP contribution >= 0.6 is 15.9 Å². The third kappa shape index (κ3) is 3.55. The number of aromatic nitrogens is 3. The quantitative estimate of drug-likeness (QED) is 0.860. The molecule has 8 heteroatoms. The lowest BCUT2D eigenvalue weighted by molar-refractivity contribution is -0.137. The molecule has 0 radical (unpaired) electrons. The molecule has 0 saturated carbocycles. The van der Waals surface area contributed by atoms with Crippen LogP contribution in [0.1, 0.15) is 11.3 Å². The molecule has 2 aromatic rings. The Morgan fingerprint density at radius 2 is 2.35 bits per heavy atom. The van der Waals surface area contributed by atoms with Crippen LogP contribution in [0.2, 0.25) is 0 Å². The van der Waals surface area contributed by atoms with Crippen molar-refractivity contribution in [3.05, 3.63) is 40.1 Å². The van der Waals surface area contributed by atoms with Crippen LogP contribution in [-0.2, 0) is 17.9 Å². The first-order chi connectivity index (χ1) is 9.58. The van der Waals surface area contributed by atoms with E-state index in [0.717, 1.165) is 10.2 Å². The highest BCUT2D eigenvalue weighted by molar-refractivity contribution is 9.10. The van der Waals surface area contributed by atoms with E-state index in [1.54, 1.807) is 24.4 Å². The molecule has 1 aromatic carbocycles. The Morgan fingerprint density at radius 1 is 1.55 bits per heavy atom. The van der Waals surface area contributed by atoms with Crippen molar-refractivity contribution in [2.75, 3.05) is 5.32 Å². The van der Waals surface area contributed by atoms with Crippen LogP contribution in [0, 0.1) is 11.3 Å². The SMILES string of the molecule is N#Cc1ccc(NCc2cn(CC(=O)O)nn2)c(Br)c1. The number of nitriles is 1. The number of benzene rings is 1. The maximum absolute atomic E-state index is 10.5. The van der Waals surface area contributed by atoms with E-state index < -0.39 is 5.97 Å². The number of rotatable bonds is 5. The standard InChI is InChI=1S/C12H10BrN5O2/c13-10-3-8(4-14)1-2-11(10)15-5-9-6-18(17-16-9)7-12(19)20/h1-3,6,15H,5,7H2,(H,19,20). The predicted octanol–water partition coefficient (Wildman–Crippen LogP) is 1.61. The molecule has 0 aliphatic carbocycles. The number of aliphatic carboxylic acids is 1. The van der Waals surface area contributed by atoms with E-state index in [1.165, 1.54) is 4.68 Å². The van der Waals surface area contributed by atoms with Crippen molar-refractivity contribution in [1.29, 1.82) is 5.26 Å². The van der Waals surface area contributed by atoms with E-state index in [-0.39, 0.29) is 6.54 Å². The van der Waals surface area contributed by atoms with E-state index >= 15 is 0 Å². The molecule has 0 saturated heterocycles. The molecule has 0 atom stereocenters. The van der Waals surface area contributed by atoms with Crippen LogP contribution < -0.4 is 5.32 Å². The predicted molar refractivity (Wildman–Crippen MR) is 73.8 cm³/mol. The van der Waals surface area contributed by atoms with Crippen LogP contribution in [-0.4, -0.2) is 26.1 Å². The Balaban J connectivity index is 2.00. The summed E-state index contributed by atoms with van der Waals surface area (Å²) in [5.74, 6) is -0.968. The maximum atomic E-state index is 10.5. The van der Waals surface area contributed by atoms with Gasteiger partial charge in [-0.3, -0.25) is 4.79 Å². The number of carboxylic acids is 1. The minimum absolute atomic E-state index is 0.215. The van der Waals surface area contributed by atoms with Crippen LogP contribution in [0.15, 0.2) is 28.9 Å². The van der Waals surface area contributed by atoms with Crippen molar-refractivity contribution in [2.24, 2.45) is 0 Å². The molecule has 0 amide bonds. The Morgan fingerprint density at radius 3 is 3.00 bits per heavy atom. The van der Waals surface area contributed by atoms with Gasteiger partial charge in [0.25, 0.3) is 0 Å². The van der Waals surface area contributed by atoms with Gasteiger partial charge in [0.1, 0.15) is 12.2 Å². The summed E-state index contributed by atoms with van der Waals surface area (Å²) in [5, 5.41) is 28.1. The monoisotopic (exact) mass is 335 g/mol. The van der Waals surface area contributed by atoms with Gasteiger partial charge in [0.15, 0.2) is 0 Å². The molecular weight excluding hydrogens is 326 g/mol. The topological polar surface area (TPSA) is 104 Å². The normalized spacial score (nSPS) is 10.0. The number of anilines is 1. The Bertz CT molecular complexity index is 677. The van der Waals surface area contributed by atoms with Crippen molar-refractivity contribution in [2.45, 2.75) is 13.1 Å². The zero-order valence-corrected chi connectivity index (χ0v) is 11.8. The fraction of sp³-hybridized carbons (Fsp3) is 0.167. The molecule has 0 aliphatic heterocycles. The van der Waals surface area contributed by atoms with Crippen molar-refractivity contribution < 1.29 is 9.90 Å². The first kappa shape index (κ1) is 14.0. The fourth-order valence-corrected chi connectivity index (χ4v) is 2.07. The smallest absolute Gasteiger partial charge is 0.325 e. The van der Waals surface area contributed by atoms with Crippen LogP contribution in [0.25, 0.3) is 0 Å². The molecular formula is C12H10BrN5O2. The van der Waals surface area contributed by atoms with E-state index in [2.05, 4.69) is 37.6 Å². The van der Waals surface area contributed by atoms with Crippen LogP contribution in [0.5, 0.6) is 0 Å². The average Bonchev–Trinajstić information content (AvgIpc) is 2.84. The van der Waals surface area contributed by atoms with E-state index in [1.807, 2.05) is 0 Å². The third-order valence-corrected chi connectivity index (χ3v) is 3.10. The molecule has 0 spiro atoms. The van der Waals surface area contributed by atoms with Crippen molar-refractivity contribution in [1.82, 2.24) is 15.0 Å². The number of hydrogen-bond donors (Lipinski definition) is 2. The number of carbonyl (C=O) groups is 1. The van der Waals surface area contributed by atoms with Gasteiger partial charge >= 0.3 is 5.97 Å². The van der Waals surface area contributed by atoms with Crippen molar-refractivity contribution in [3.63, 3.8) is 0 Å². The summed E-state index contributed by atoms with van der Waals surface area (Å²) in [6.45, 7) is 0.192. The molecule has 2 rings (SSSR count). The van der Waals surface area contributed by atoms with Crippen LogP contribution in [0.4, 0.5) is 5.69 Å². The Labute approximate surface area is 123 Å². The third-order valence-electron chi connectivity index (χ3n) is 2.44. The summed E-state index contributed by atoms with van der Waals surface area (Å²) in [4.78, 5) is 10.5. The summed E-state index contributed by atoms with van der Waals surface area (Å²) >= 11 is 3.37. The molecule has 0 fully saturated rings. The number of hydrogen-bond acceptors (Lipinski definition) is 5. The second-order valence-corrected chi connectivity index (χ2v) is 4.82. The molecule has 1 aromatic heterocycles. The molecule has 1 heterocycles. The lowest BCUT2D eigenvalue weighted by atomic mass is 10.2. The minimum Gasteiger partial charge on any atom is -0.480 e. The highest BCUT2D eigenvalue weighted by atomic mass is 79.9. The maximum Gasteiger partial charge on any atom is 0.325 e. The highest BCUT2D eigenvalue weighted by Gasteiger charge is 2.05. The molecule has 20 heavy (non-hydrogen) atoms. The zero-order chi connectivity index (χ0) is 14.5. The van der Waals surface area contributed by atoms with Gasteiger partial charge in [0.2, 0.25) is 0 Å². The largest absolute Gasteiger partial charge is 0.480 e. The fourth-order valence-electron chi connectivity index (χ4n) is 1.55. The Kier molecular flexibility index (Phi) is 4.32. The van der Waals surface area contributed by atoms with Gasteiger partial charge < -0.3 is 10.4 Å². The number of nitrogens with one attached hydrogen (secondary N) is 1. The molecule has 102 valence electrons. The second-order valence-electron chi connectivity index (χ2n) is 3.96. The summed E-state index contributed by atoms with van der Waals surface area (Å²) < 4.78 is 2.03. The van der Waals surface area contributed by atoms with Crippen molar-refractivity contribution >= 4 is 27.6 Å². The lowest BCUT2D eigenvalue weighted by Crippen LogP contribution is -2.09. The number of carboxylic acid groups (broad SMARTS) is 1. The molecule has 0 bridgehead atoms. The number of nitrogens with zero attached hydrogens (tertiary/aromatic N) is 4. The van der Waals surface area contributed by atoms with Gasteiger partial charge in [-0.1, -0.05) is 5.21 Å². The summed E-state index contributed by atoms with van der Waals surface area (Å²) in [7, 11) is 0. The Hall–Kier alpha value is -2.40. The molecule has 0 aliphatic rings. The van der Waals surface area contributed by atoms with Gasteiger partial charge in [-0.2, -0.15) is 5.26 Å². The molecule has 2 N–H and O–H groups in total. The first-order valence-corrected chi connectivity index (χ1v) is 6.42. The average molecular weight is 336 g/mol. The van der Waals surface area contributed by atoms with Gasteiger partial charge in [-0.05, 0) is 34.1 Å². The van der Waals surface area contributed by atoms with Gasteiger partial charge in [-0.25, -0.2) is 4.68 Å². The van der Waals surface area contributed by atoms with Gasteiger partial charge in [-0.15, -0.1) is 5.10 Å². The van der Waals surface area contributed by atoms with E-state index in [4.69, 9.17) is 10.4 Å². The van der Waals surface area contributed by atoms with E-state index in [9.17, 15) is 4.79 Å². The number of halogens is 1. The lowest BCUT2D eigenvalue weighted by Gasteiger charge is -2.06.